The Hall–Kier alpha value is -0.340. The van der Waals surface area contributed by atoms with E-state index in [-0.39, 0.29) is 12.2 Å². The fraction of sp³-hybridized carbons (Fsp3) is 0.818. The van der Waals surface area contributed by atoms with Gasteiger partial charge in [0.15, 0.2) is 0 Å². The number of aliphatic hydroxyl groups is 2. The van der Waals surface area contributed by atoms with Gasteiger partial charge in [-0.25, -0.2) is 0 Å². The zero-order valence-electron chi connectivity index (χ0n) is 8.75. The first-order valence-corrected chi connectivity index (χ1v) is 5.04. The van der Waals surface area contributed by atoms with Crippen LogP contribution in [0.25, 0.3) is 0 Å². The second kappa shape index (κ2) is 4.25. The van der Waals surface area contributed by atoms with Crippen LogP contribution in [0.5, 0.6) is 0 Å². The van der Waals surface area contributed by atoms with Gasteiger partial charge in [-0.1, -0.05) is 18.1 Å². The molecule has 0 saturated carbocycles. The molecule has 0 unspecified atom stereocenters. The second-order valence-corrected chi connectivity index (χ2v) is 4.39. The number of hydrogen-bond acceptors (Lipinski definition) is 2. The molecule has 0 aliphatic heterocycles. The molecule has 0 spiro atoms. The van der Waals surface area contributed by atoms with Gasteiger partial charge in [0.05, 0.1) is 12.2 Å². The largest absolute Gasteiger partial charge is 0.393 e. The molecule has 0 radical (unpaired) electrons. The van der Waals surface area contributed by atoms with Gasteiger partial charge in [-0.3, -0.25) is 0 Å². The van der Waals surface area contributed by atoms with Crippen molar-refractivity contribution >= 4 is 0 Å². The van der Waals surface area contributed by atoms with Crippen LogP contribution in [0.2, 0.25) is 0 Å². The lowest BCUT2D eigenvalue weighted by Gasteiger charge is -2.28. The van der Waals surface area contributed by atoms with Crippen LogP contribution in [0, 0.1) is 5.92 Å². The molecule has 0 heterocycles. The van der Waals surface area contributed by atoms with Crippen LogP contribution in [-0.4, -0.2) is 22.4 Å². The molecule has 1 aliphatic carbocycles. The molecule has 2 heteroatoms. The minimum atomic E-state index is -0.257. The summed E-state index contributed by atoms with van der Waals surface area (Å²) in [5.41, 5.74) is 2.61. The van der Waals surface area contributed by atoms with Gasteiger partial charge < -0.3 is 10.2 Å². The molecule has 0 saturated heterocycles. The van der Waals surface area contributed by atoms with E-state index in [2.05, 4.69) is 13.8 Å². The van der Waals surface area contributed by atoms with E-state index in [0.717, 1.165) is 19.3 Å². The SMILES string of the molecule is CC1=C(C[C@@H](C)O)C[C@@H](C)[C@@H](O)C1. The maximum atomic E-state index is 9.60. The van der Waals surface area contributed by atoms with E-state index in [1.165, 1.54) is 11.1 Å². The monoisotopic (exact) mass is 184 g/mol. The van der Waals surface area contributed by atoms with Crippen molar-refractivity contribution in [2.45, 2.75) is 52.2 Å². The maximum absolute atomic E-state index is 9.60. The van der Waals surface area contributed by atoms with Crippen LogP contribution in [0.3, 0.4) is 0 Å². The second-order valence-electron chi connectivity index (χ2n) is 4.39. The van der Waals surface area contributed by atoms with Crippen molar-refractivity contribution in [1.29, 1.82) is 0 Å². The summed E-state index contributed by atoms with van der Waals surface area (Å²) < 4.78 is 0. The van der Waals surface area contributed by atoms with Gasteiger partial charge in [-0.15, -0.1) is 0 Å². The first kappa shape index (κ1) is 10.7. The molecule has 3 atom stereocenters. The van der Waals surface area contributed by atoms with Crippen LogP contribution in [0.1, 0.15) is 40.0 Å². The third-order valence-electron chi connectivity index (χ3n) is 2.89. The molecule has 1 aliphatic rings. The van der Waals surface area contributed by atoms with E-state index >= 15 is 0 Å². The summed E-state index contributed by atoms with van der Waals surface area (Å²) in [5, 5.41) is 18.9. The third-order valence-corrected chi connectivity index (χ3v) is 2.89. The number of hydrogen-bond donors (Lipinski definition) is 2. The molecule has 76 valence electrons. The zero-order chi connectivity index (χ0) is 10.0. The molecular weight excluding hydrogens is 164 g/mol. The molecule has 0 fully saturated rings. The van der Waals surface area contributed by atoms with Crippen molar-refractivity contribution in [2.24, 2.45) is 5.92 Å². The van der Waals surface area contributed by atoms with Crippen molar-refractivity contribution < 1.29 is 10.2 Å². The van der Waals surface area contributed by atoms with Crippen molar-refractivity contribution in [3.63, 3.8) is 0 Å². The van der Waals surface area contributed by atoms with Crippen molar-refractivity contribution in [2.75, 3.05) is 0 Å². The molecule has 0 aromatic heterocycles. The van der Waals surface area contributed by atoms with E-state index in [4.69, 9.17) is 0 Å². The highest BCUT2D eigenvalue weighted by Crippen LogP contribution is 2.31. The van der Waals surface area contributed by atoms with Crippen LogP contribution in [0.15, 0.2) is 11.1 Å². The van der Waals surface area contributed by atoms with Gasteiger partial charge in [0.2, 0.25) is 0 Å². The molecule has 0 aromatic carbocycles. The summed E-state index contributed by atoms with van der Waals surface area (Å²) in [6, 6.07) is 0. The highest BCUT2D eigenvalue weighted by molar-refractivity contribution is 5.18. The molecule has 2 nitrogen and oxygen atoms in total. The fourth-order valence-corrected chi connectivity index (χ4v) is 1.97. The fourth-order valence-electron chi connectivity index (χ4n) is 1.97. The summed E-state index contributed by atoms with van der Waals surface area (Å²) in [6.45, 7) is 5.95. The van der Waals surface area contributed by atoms with Crippen LogP contribution in [0.4, 0.5) is 0 Å². The Morgan fingerprint density at radius 2 is 2.08 bits per heavy atom. The third kappa shape index (κ3) is 2.82. The zero-order valence-corrected chi connectivity index (χ0v) is 8.75. The molecule has 1 rings (SSSR count). The van der Waals surface area contributed by atoms with Gasteiger partial charge in [-0.05, 0) is 39.0 Å². The predicted octanol–water partition coefficient (Wildman–Crippen LogP) is 1.86. The smallest absolute Gasteiger partial charge is 0.0605 e. The van der Waals surface area contributed by atoms with Gasteiger partial charge in [0.1, 0.15) is 0 Å². The minimum Gasteiger partial charge on any atom is -0.393 e. The first-order valence-electron chi connectivity index (χ1n) is 5.04. The van der Waals surface area contributed by atoms with Crippen LogP contribution < -0.4 is 0 Å². The average molecular weight is 184 g/mol. The molecule has 13 heavy (non-hydrogen) atoms. The van der Waals surface area contributed by atoms with Gasteiger partial charge in [0, 0.05) is 0 Å². The Labute approximate surface area is 80.3 Å². The van der Waals surface area contributed by atoms with E-state index in [0.29, 0.717) is 5.92 Å². The van der Waals surface area contributed by atoms with E-state index in [9.17, 15) is 10.2 Å². The van der Waals surface area contributed by atoms with Crippen molar-refractivity contribution in [3.05, 3.63) is 11.1 Å². The minimum absolute atomic E-state index is 0.183. The normalized spacial score (nSPS) is 32.1. The van der Waals surface area contributed by atoms with Crippen LogP contribution >= 0.6 is 0 Å². The van der Waals surface area contributed by atoms with Crippen LogP contribution in [-0.2, 0) is 0 Å². The van der Waals surface area contributed by atoms with Crippen molar-refractivity contribution in [1.82, 2.24) is 0 Å². The molecule has 0 bridgehead atoms. The number of aliphatic hydroxyl groups excluding tert-OH is 2. The highest BCUT2D eigenvalue weighted by atomic mass is 16.3. The number of rotatable bonds is 2. The summed E-state index contributed by atoms with van der Waals surface area (Å²) in [5.74, 6) is 0.345. The van der Waals surface area contributed by atoms with Gasteiger partial charge >= 0.3 is 0 Å². The summed E-state index contributed by atoms with van der Waals surface area (Å²) in [7, 11) is 0. The van der Waals surface area contributed by atoms with E-state index < -0.39 is 0 Å². The Balaban J connectivity index is 2.66. The van der Waals surface area contributed by atoms with Gasteiger partial charge in [-0.2, -0.15) is 0 Å². The molecule has 0 amide bonds. The standard InChI is InChI=1S/C11H20O2/c1-7-5-11(13)8(2)4-10(7)6-9(3)12/h8-9,11-13H,4-6H2,1-3H3/t8-,9-,11+/m1/s1. The lowest BCUT2D eigenvalue weighted by Crippen LogP contribution is -2.24. The highest BCUT2D eigenvalue weighted by Gasteiger charge is 2.23. The van der Waals surface area contributed by atoms with Gasteiger partial charge in [0.25, 0.3) is 0 Å². The predicted molar refractivity (Wildman–Crippen MR) is 53.4 cm³/mol. The molecular formula is C11H20O2. The first-order chi connectivity index (χ1) is 6.00. The molecule has 0 aromatic rings. The van der Waals surface area contributed by atoms with E-state index in [1.807, 2.05) is 6.92 Å². The van der Waals surface area contributed by atoms with E-state index in [1.54, 1.807) is 0 Å². The molecule has 2 N–H and O–H groups in total. The maximum Gasteiger partial charge on any atom is 0.0605 e. The Bertz CT molecular complexity index is 206. The Morgan fingerprint density at radius 3 is 2.62 bits per heavy atom. The summed E-state index contributed by atoms with van der Waals surface area (Å²) in [4.78, 5) is 0. The summed E-state index contributed by atoms with van der Waals surface area (Å²) in [6.07, 6.45) is 2.05. The average Bonchev–Trinajstić information content (AvgIpc) is 1.99. The summed E-state index contributed by atoms with van der Waals surface area (Å²) >= 11 is 0. The lowest BCUT2D eigenvalue weighted by atomic mass is 9.81. The lowest BCUT2D eigenvalue weighted by molar-refractivity contribution is 0.105. The Morgan fingerprint density at radius 1 is 1.46 bits per heavy atom. The van der Waals surface area contributed by atoms with Crippen molar-refractivity contribution in [3.8, 4) is 0 Å². The topological polar surface area (TPSA) is 40.5 Å². The Kier molecular flexibility index (Phi) is 3.51. The quantitative estimate of drug-likeness (QED) is 0.643.